The number of carbonyl (C=O) groups is 1. The van der Waals surface area contributed by atoms with Crippen LogP contribution in [0.1, 0.15) is 16.8 Å². The van der Waals surface area contributed by atoms with Crippen molar-refractivity contribution in [2.45, 2.75) is 12.5 Å². The van der Waals surface area contributed by atoms with Gasteiger partial charge in [0.15, 0.2) is 0 Å². The van der Waals surface area contributed by atoms with E-state index < -0.39 is 0 Å². The largest absolute Gasteiger partial charge is 0.497 e. The Hall–Kier alpha value is -1.75. The number of likely N-dealkylation sites (N-methyl/N-ethyl adjacent to an activating group) is 1. The van der Waals surface area contributed by atoms with Crippen molar-refractivity contribution in [3.63, 3.8) is 0 Å². The van der Waals surface area contributed by atoms with Crippen LogP contribution in [-0.2, 0) is 0 Å². The van der Waals surface area contributed by atoms with E-state index in [1.54, 1.807) is 25.3 Å². The zero-order valence-corrected chi connectivity index (χ0v) is 10.8. The van der Waals surface area contributed by atoms with E-state index in [1.165, 1.54) is 0 Å². The maximum absolute atomic E-state index is 12.1. The Morgan fingerprint density at radius 1 is 1.50 bits per heavy atom. The molecule has 5 heteroatoms. The van der Waals surface area contributed by atoms with Gasteiger partial charge in [0.2, 0.25) is 0 Å². The molecule has 2 rings (SSSR count). The number of benzene rings is 1. The van der Waals surface area contributed by atoms with Crippen LogP contribution in [0, 0.1) is 0 Å². The molecule has 1 aliphatic rings. The first kappa shape index (κ1) is 12.7. The minimum Gasteiger partial charge on any atom is -0.497 e. The lowest BCUT2D eigenvalue weighted by atomic mass is 10.1. The number of anilines is 1. The summed E-state index contributed by atoms with van der Waals surface area (Å²) in [5, 5.41) is 3.01. The van der Waals surface area contributed by atoms with Crippen molar-refractivity contribution in [1.82, 2.24) is 10.2 Å². The number of hydrogen-bond donors (Lipinski definition) is 2. The van der Waals surface area contributed by atoms with Crippen LogP contribution in [0.25, 0.3) is 0 Å². The topological polar surface area (TPSA) is 67.6 Å². The molecule has 1 aromatic rings. The van der Waals surface area contributed by atoms with Crippen LogP contribution in [-0.4, -0.2) is 44.1 Å². The van der Waals surface area contributed by atoms with Gasteiger partial charge in [0, 0.05) is 29.9 Å². The Morgan fingerprint density at radius 2 is 2.28 bits per heavy atom. The molecule has 1 fully saturated rings. The van der Waals surface area contributed by atoms with Gasteiger partial charge in [0.05, 0.1) is 7.11 Å². The molecule has 0 spiro atoms. The number of nitrogens with one attached hydrogen (secondary N) is 1. The number of methoxy groups -OCH3 is 1. The Morgan fingerprint density at radius 3 is 2.89 bits per heavy atom. The zero-order valence-electron chi connectivity index (χ0n) is 10.8. The third-order valence-corrected chi connectivity index (χ3v) is 3.15. The van der Waals surface area contributed by atoms with Gasteiger partial charge in [0.25, 0.3) is 5.91 Å². The average molecular weight is 249 g/mol. The summed E-state index contributed by atoms with van der Waals surface area (Å²) in [5.74, 6) is 0.504. The van der Waals surface area contributed by atoms with Crippen LogP contribution in [0.5, 0.6) is 5.75 Å². The standard InChI is InChI=1S/C13H19N3O2/c1-16-4-3-11(8-16)15-13(17)9-5-10(14)7-12(6-9)18-2/h5-7,11H,3-4,8,14H2,1-2H3,(H,15,17). The molecule has 0 bridgehead atoms. The molecule has 18 heavy (non-hydrogen) atoms. The van der Waals surface area contributed by atoms with Gasteiger partial charge >= 0.3 is 0 Å². The molecule has 0 aromatic heterocycles. The smallest absolute Gasteiger partial charge is 0.251 e. The third kappa shape index (κ3) is 2.92. The van der Waals surface area contributed by atoms with E-state index in [2.05, 4.69) is 17.3 Å². The number of likely N-dealkylation sites (tertiary alicyclic amines) is 1. The maximum Gasteiger partial charge on any atom is 0.251 e. The molecule has 0 radical (unpaired) electrons. The lowest BCUT2D eigenvalue weighted by molar-refractivity contribution is 0.0938. The quantitative estimate of drug-likeness (QED) is 0.774. The summed E-state index contributed by atoms with van der Waals surface area (Å²) in [4.78, 5) is 14.3. The van der Waals surface area contributed by atoms with Gasteiger partial charge in [0.1, 0.15) is 5.75 Å². The molecule has 0 saturated carbocycles. The van der Waals surface area contributed by atoms with Gasteiger partial charge in [-0.25, -0.2) is 0 Å². The molecule has 1 aromatic carbocycles. The predicted molar refractivity (Wildman–Crippen MR) is 70.8 cm³/mol. The van der Waals surface area contributed by atoms with E-state index in [9.17, 15) is 4.79 Å². The van der Waals surface area contributed by atoms with Crippen molar-refractivity contribution in [3.05, 3.63) is 23.8 Å². The number of rotatable bonds is 3. The Balaban J connectivity index is 2.06. The number of nitrogens with two attached hydrogens (primary N) is 1. The maximum atomic E-state index is 12.1. The molecule has 1 amide bonds. The lowest BCUT2D eigenvalue weighted by Crippen LogP contribution is -2.36. The first-order chi connectivity index (χ1) is 8.58. The summed E-state index contributed by atoms with van der Waals surface area (Å²) >= 11 is 0. The van der Waals surface area contributed by atoms with Crippen molar-refractivity contribution in [2.75, 3.05) is 33.0 Å². The van der Waals surface area contributed by atoms with Gasteiger partial charge in [-0.2, -0.15) is 0 Å². The number of ether oxygens (including phenoxy) is 1. The number of nitrogens with zero attached hydrogens (tertiary/aromatic N) is 1. The molecular formula is C13H19N3O2. The van der Waals surface area contributed by atoms with Crippen LogP contribution in [0.3, 0.4) is 0 Å². The van der Waals surface area contributed by atoms with Crippen LogP contribution in [0.4, 0.5) is 5.69 Å². The van der Waals surface area contributed by atoms with Crippen molar-refractivity contribution in [3.8, 4) is 5.75 Å². The molecule has 5 nitrogen and oxygen atoms in total. The molecule has 1 atom stereocenters. The summed E-state index contributed by atoms with van der Waals surface area (Å²) in [6.45, 7) is 1.91. The molecule has 1 heterocycles. The minimum absolute atomic E-state index is 0.0964. The average Bonchev–Trinajstić information content (AvgIpc) is 2.73. The highest BCUT2D eigenvalue weighted by atomic mass is 16.5. The fourth-order valence-corrected chi connectivity index (χ4v) is 2.19. The Bertz CT molecular complexity index is 448. The van der Waals surface area contributed by atoms with Gasteiger partial charge in [-0.1, -0.05) is 0 Å². The normalized spacial score (nSPS) is 19.8. The van der Waals surface area contributed by atoms with Gasteiger partial charge < -0.3 is 20.7 Å². The predicted octanol–water partition coefficient (Wildman–Crippen LogP) is 0.711. The van der Waals surface area contributed by atoms with E-state index in [4.69, 9.17) is 10.5 Å². The first-order valence-electron chi connectivity index (χ1n) is 6.02. The molecule has 1 aliphatic heterocycles. The number of nitrogen functional groups attached to an aromatic ring is 1. The molecule has 1 unspecified atom stereocenters. The second-order valence-electron chi connectivity index (χ2n) is 4.72. The van der Waals surface area contributed by atoms with Crippen molar-refractivity contribution >= 4 is 11.6 Å². The van der Waals surface area contributed by atoms with Gasteiger partial charge in [-0.15, -0.1) is 0 Å². The summed E-state index contributed by atoms with van der Waals surface area (Å²) in [6.07, 6.45) is 0.988. The molecule has 1 saturated heterocycles. The van der Waals surface area contributed by atoms with Gasteiger partial charge in [-0.3, -0.25) is 4.79 Å². The summed E-state index contributed by atoms with van der Waals surface area (Å²) in [5.41, 5.74) is 6.81. The third-order valence-electron chi connectivity index (χ3n) is 3.15. The SMILES string of the molecule is COc1cc(N)cc(C(=O)NC2CCN(C)C2)c1. The number of amides is 1. The lowest BCUT2D eigenvalue weighted by Gasteiger charge is -2.13. The monoisotopic (exact) mass is 249 g/mol. The fraction of sp³-hybridized carbons (Fsp3) is 0.462. The van der Waals surface area contributed by atoms with Crippen LogP contribution >= 0.6 is 0 Å². The molecule has 0 aliphatic carbocycles. The van der Waals surface area contributed by atoms with Crippen molar-refractivity contribution in [1.29, 1.82) is 0 Å². The van der Waals surface area contributed by atoms with Gasteiger partial charge in [-0.05, 0) is 32.1 Å². The van der Waals surface area contributed by atoms with Crippen molar-refractivity contribution < 1.29 is 9.53 Å². The Labute approximate surface area is 107 Å². The summed E-state index contributed by atoms with van der Waals surface area (Å²) < 4.78 is 5.10. The molecule has 3 N–H and O–H groups in total. The van der Waals surface area contributed by atoms with E-state index in [0.29, 0.717) is 17.0 Å². The van der Waals surface area contributed by atoms with Crippen molar-refractivity contribution in [2.24, 2.45) is 0 Å². The van der Waals surface area contributed by atoms with Crippen LogP contribution < -0.4 is 15.8 Å². The Kier molecular flexibility index (Phi) is 3.72. The molecule has 98 valence electrons. The number of carbonyl (C=O) groups excluding carboxylic acids is 1. The highest BCUT2D eigenvalue weighted by Gasteiger charge is 2.21. The fourth-order valence-electron chi connectivity index (χ4n) is 2.19. The van der Waals surface area contributed by atoms with Crippen LogP contribution in [0.2, 0.25) is 0 Å². The summed E-state index contributed by atoms with van der Waals surface area (Å²) in [7, 11) is 3.61. The van der Waals surface area contributed by atoms with Crippen LogP contribution in [0.15, 0.2) is 18.2 Å². The van der Waals surface area contributed by atoms with E-state index >= 15 is 0 Å². The van der Waals surface area contributed by atoms with E-state index in [-0.39, 0.29) is 11.9 Å². The second-order valence-corrected chi connectivity index (χ2v) is 4.72. The van der Waals surface area contributed by atoms with E-state index in [0.717, 1.165) is 19.5 Å². The second kappa shape index (κ2) is 5.27. The van der Waals surface area contributed by atoms with E-state index in [1.807, 2.05) is 0 Å². The molecular weight excluding hydrogens is 230 g/mol. The zero-order chi connectivity index (χ0) is 13.1. The minimum atomic E-state index is -0.0964. The number of hydrogen-bond acceptors (Lipinski definition) is 4. The highest BCUT2D eigenvalue weighted by Crippen LogP contribution is 2.19. The summed E-state index contributed by atoms with van der Waals surface area (Å²) in [6, 6.07) is 5.27. The first-order valence-corrected chi connectivity index (χ1v) is 6.02. The highest BCUT2D eigenvalue weighted by molar-refractivity contribution is 5.95.